The number of hydrogen-bond donors (Lipinski definition) is 0. The number of rotatable bonds is 3. The van der Waals surface area contributed by atoms with E-state index >= 15 is 0 Å². The number of aryl methyl sites for hydroxylation is 1. The molecule has 0 amide bonds. The van der Waals surface area contributed by atoms with Gasteiger partial charge in [0, 0.05) is 44.8 Å². The lowest BCUT2D eigenvalue weighted by molar-refractivity contribution is -0.117. The van der Waals surface area contributed by atoms with Gasteiger partial charge in [-0.3, -0.25) is 0 Å². The molecule has 1 saturated heterocycles. The minimum Gasteiger partial charge on any atom is -0.315 e. The molecule has 0 N–H and O–H groups in total. The van der Waals surface area contributed by atoms with Gasteiger partial charge in [-0.15, -0.1) is 10.2 Å². The van der Waals surface area contributed by atoms with Gasteiger partial charge in [0.15, 0.2) is 0 Å². The number of likely N-dealkylation sites (tertiary alicyclic amines) is 1. The monoisotopic (exact) mass is 296 g/mol. The molecule has 2 fully saturated rings. The Kier molecular flexibility index (Phi) is 3.24. The van der Waals surface area contributed by atoms with Crippen LogP contribution >= 0.6 is 0 Å². The number of aromatic nitrogens is 3. The van der Waals surface area contributed by atoms with Crippen molar-refractivity contribution in [2.24, 2.45) is 5.92 Å². The molecule has 2 aliphatic heterocycles. The van der Waals surface area contributed by atoms with E-state index in [1.165, 1.54) is 6.42 Å². The third kappa shape index (κ3) is 2.58. The zero-order valence-electron chi connectivity index (χ0n) is 12.3. The lowest BCUT2D eigenvalue weighted by Crippen LogP contribution is -2.45. The predicted octanol–water partition coefficient (Wildman–Crippen LogP) is 2.45. The summed E-state index contributed by atoms with van der Waals surface area (Å²) < 4.78 is 28.2. The molecule has 3 aliphatic rings. The number of halogens is 2. The Labute approximate surface area is 123 Å². The van der Waals surface area contributed by atoms with Crippen molar-refractivity contribution in [2.75, 3.05) is 19.6 Å². The summed E-state index contributed by atoms with van der Waals surface area (Å²) in [6.07, 6.45) is 4.65. The van der Waals surface area contributed by atoms with Crippen molar-refractivity contribution in [1.82, 2.24) is 19.7 Å². The van der Waals surface area contributed by atoms with Gasteiger partial charge in [0.2, 0.25) is 5.92 Å². The Balaban J connectivity index is 1.39. The Morgan fingerprint density at radius 2 is 2.00 bits per heavy atom. The molecule has 0 radical (unpaired) electrons. The van der Waals surface area contributed by atoms with E-state index in [0.717, 1.165) is 57.1 Å². The highest BCUT2D eigenvalue weighted by molar-refractivity contribution is 5.07. The zero-order chi connectivity index (χ0) is 14.4. The van der Waals surface area contributed by atoms with Crippen LogP contribution in [0.1, 0.15) is 49.7 Å². The van der Waals surface area contributed by atoms with Gasteiger partial charge in [0.1, 0.15) is 11.6 Å². The van der Waals surface area contributed by atoms with Crippen LogP contribution < -0.4 is 0 Å². The molecule has 116 valence electrons. The van der Waals surface area contributed by atoms with E-state index in [9.17, 15) is 8.78 Å². The summed E-state index contributed by atoms with van der Waals surface area (Å²) in [5.41, 5.74) is 0. The average Bonchev–Trinajstić information content (AvgIpc) is 2.99. The predicted molar refractivity (Wildman–Crippen MR) is 74.4 cm³/mol. The minimum atomic E-state index is -2.40. The number of alkyl halides is 2. The van der Waals surface area contributed by atoms with Crippen LogP contribution in [0, 0.1) is 5.92 Å². The van der Waals surface area contributed by atoms with Gasteiger partial charge < -0.3 is 9.47 Å². The van der Waals surface area contributed by atoms with Crippen molar-refractivity contribution in [1.29, 1.82) is 0 Å². The number of hydrogen-bond acceptors (Lipinski definition) is 3. The van der Waals surface area contributed by atoms with Crippen LogP contribution in [-0.4, -0.2) is 45.2 Å². The Morgan fingerprint density at radius 1 is 1.14 bits per heavy atom. The van der Waals surface area contributed by atoms with Crippen LogP contribution in [0.5, 0.6) is 0 Å². The van der Waals surface area contributed by atoms with Gasteiger partial charge in [0.05, 0.1) is 0 Å². The molecule has 0 spiro atoms. The third-order valence-corrected chi connectivity index (χ3v) is 5.20. The first-order valence-electron chi connectivity index (χ1n) is 8.13. The van der Waals surface area contributed by atoms with Crippen molar-refractivity contribution in [3.8, 4) is 0 Å². The highest BCUT2D eigenvalue weighted by Gasteiger charge is 2.45. The molecule has 1 unspecified atom stereocenters. The molecule has 1 aromatic rings. The first-order chi connectivity index (χ1) is 10.1. The van der Waals surface area contributed by atoms with Crippen molar-refractivity contribution in [3.05, 3.63) is 11.6 Å². The van der Waals surface area contributed by atoms with Crippen molar-refractivity contribution in [2.45, 2.75) is 56.9 Å². The average molecular weight is 296 g/mol. The molecule has 1 atom stereocenters. The molecule has 1 aromatic heterocycles. The maximum Gasteiger partial charge on any atom is 0.248 e. The van der Waals surface area contributed by atoms with Crippen LogP contribution in [0.15, 0.2) is 0 Å². The maximum atomic E-state index is 13.0. The van der Waals surface area contributed by atoms with Gasteiger partial charge in [-0.05, 0) is 31.7 Å². The van der Waals surface area contributed by atoms with Crippen molar-refractivity contribution < 1.29 is 8.78 Å². The summed E-state index contributed by atoms with van der Waals surface area (Å²) in [6.45, 7) is 3.87. The third-order valence-electron chi connectivity index (χ3n) is 5.20. The van der Waals surface area contributed by atoms with Crippen molar-refractivity contribution >= 4 is 0 Å². The quantitative estimate of drug-likeness (QED) is 0.859. The summed E-state index contributed by atoms with van der Waals surface area (Å²) in [5.74, 6) is 0.474. The molecule has 21 heavy (non-hydrogen) atoms. The van der Waals surface area contributed by atoms with Gasteiger partial charge >= 0.3 is 0 Å². The van der Waals surface area contributed by atoms with E-state index in [-0.39, 0.29) is 18.8 Å². The Hall–Kier alpha value is -1.04. The molecular weight excluding hydrogens is 274 g/mol. The summed E-state index contributed by atoms with van der Waals surface area (Å²) in [5, 5.41) is 8.70. The summed E-state index contributed by atoms with van der Waals surface area (Å²) in [4.78, 5) is 2.37. The van der Waals surface area contributed by atoms with Crippen LogP contribution in [0.25, 0.3) is 0 Å². The second-order valence-electron chi connectivity index (χ2n) is 6.96. The van der Waals surface area contributed by atoms with Crippen molar-refractivity contribution in [3.63, 3.8) is 0 Å². The standard InChI is InChI=1S/C15H22F2N4/c16-15(17)7-11(8-15)9-20-5-1-3-12(10-20)14-19-18-13-4-2-6-21(13)14/h11-12H,1-10H2. The highest BCUT2D eigenvalue weighted by Crippen LogP contribution is 2.43. The van der Waals surface area contributed by atoms with E-state index in [1.54, 1.807) is 0 Å². The molecule has 4 nitrogen and oxygen atoms in total. The highest BCUT2D eigenvalue weighted by atomic mass is 19.3. The van der Waals surface area contributed by atoms with E-state index in [2.05, 4.69) is 19.7 Å². The number of fused-ring (bicyclic) bond motifs is 1. The molecule has 4 rings (SSSR count). The lowest BCUT2D eigenvalue weighted by atomic mass is 9.80. The summed E-state index contributed by atoms with van der Waals surface area (Å²) in [7, 11) is 0. The van der Waals surface area contributed by atoms with Gasteiger partial charge in [-0.2, -0.15) is 0 Å². The fourth-order valence-electron chi connectivity index (χ4n) is 4.19. The first kappa shape index (κ1) is 13.6. The van der Waals surface area contributed by atoms with E-state index in [1.807, 2.05) is 0 Å². The fourth-order valence-corrected chi connectivity index (χ4v) is 4.19. The largest absolute Gasteiger partial charge is 0.315 e. The van der Waals surface area contributed by atoms with E-state index in [4.69, 9.17) is 0 Å². The van der Waals surface area contributed by atoms with E-state index in [0.29, 0.717) is 5.92 Å². The van der Waals surface area contributed by atoms with Crippen LogP contribution in [-0.2, 0) is 13.0 Å². The second-order valence-corrected chi connectivity index (χ2v) is 6.96. The fraction of sp³-hybridized carbons (Fsp3) is 0.867. The Bertz CT molecular complexity index is 520. The topological polar surface area (TPSA) is 34.0 Å². The molecule has 6 heteroatoms. The summed E-state index contributed by atoms with van der Waals surface area (Å²) in [6, 6.07) is 0. The van der Waals surface area contributed by atoms with Gasteiger partial charge in [0.25, 0.3) is 0 Å². The van der Waals surface area contributed by atoms with Crippen LogP contribution in [0.4, 0.5) is 8.78 Å². The molecule has 3 heterocycles. The van der Waals surface area contributed by atoms with Gasteiger partial charge in [-0.1, -0.05) is 0 Å². The lowest BCUT2D eigenvalue weighted by Gasteiger charge is -2.40. The zero-order valence-corrected chi connectivity index (χ0v) is 12.3. The Morgan fingerprint density at radius 3 is 2.81 bits per heavy atom. The molecular formula is C15H22F2N4. The number of nitrogens with zero attached hydrogens (tertiary/aromatic N) is 4. The normalized spacial score (nSPS) is 29.3. The molecule has 1 saturated carbocycles. The SMILES string of the molecule is FC1(F)CC(CN2CCCC(c3nnc4n3CCC4)C2)C1. The molecule has 1 aliphatic carbocycles. The second kappa shape index (κ2) is 5.00. The number of piperidine rings is 1. The van der Waals surface area contributed by atoms with E-state index < -0.39 is 5.92 Å². The maximum absolute atomic E-state index is 13.0. The van der Waals surface area contributed by atoms with Gasteiger partial charge in [-0.25, -0.2) is 8.78 Å². The summed E-state index contributed by atoms with van der Waals surface area (Å²) >= 11 is 0. The molecule has 0 aromatic carbocycles. The first-order valence-corrected chi connectivity index (χ1v) is 8.13. The minimum absolute atomic E-state index is 0.0779. The molecule has 0 bridgehead atoms. The van der Waals surface area contributed by atoms with Crippen LogP contribution in [0.3, 0.4) is 0 Å². The van der Waals surface area contributed by atoms with Crippen LogP contribution in [0.2, 0.25) is 0 Å². The smallest absolute Gasteiger partial charge is 0.248 e.